The van der Waals surface area contributed by atoms with Crippen LogP contribution in [0.5, 0.6) is 5.88 Å². The quantitative estimate of drug-likeness (QED) is 0.797. The highest BCUT2D eigenvalue weighted by Crippen LogP contribution is 2.34. The van der Waals surface area contributed by atoms with E-state index in [1.807, 2.05) is 17.0 Å². The number of amides is 1. The highest BCUT2D eigenvalue weighted by molar-refractivity contribution is 5.93. The van der Waals surface area contributed by atoms with Gasteiger partial charge < -0.3 is 10.1 Å². The third-order valence-electron chi connectivity index (χ3n) is 4.75. The maximum Gasteiger partial charge on any atom is 0.418 e. The topological polar surface area (TPSA) is 57.7 Å². The molecule has 2 aromatic rings. The summed E-state index contributed by atoms with van der Waals surface area (Å²) in [6.07, 6.45) is -2.81. The molecule has 0 spiro atoms. The number of halogens is 3. The first-order valence-corrected chi connectivity index (χ1v) is 9.25. The molecule has 1 N–H and O–H groups in total. The number of nitrogens with zero attached hydrogens (tertiary/aromatic N) is 3. The van der Waals surface area contributed by atoms with Crippen LogP contribution in [0.4, 0.5) is 18.9 Å². The Bertz CT molecular complexity index is 836. The summed E-state index contributed by atoms with van der Waals surface area (Å²) in [5.74, 6) is 0.117. The lowest BCUT2D eigenvalue weighted by atomic mass is 10.1. The molecule has 3 rings (SSSR count). The Labute approximate surface area is 167 Å². The molecule has 1 aliphatic rings. The summed E-state index contributed by atoms with van der Waals surface area (Å²) in [5, 5.41) is 2.39. The van der Waals surface area contributed by atoms with E-state index in [1.165, 1.54) is 18.2 Å². The smallest absolute Gasteiger partial charge is 0.418 e. The minimum Gasteiger partial charge on any atom is -0.481 e. The van der Waals surface area contributed by atoms with E-state index in [9.17, 15) is 18.0 Å². The van der Waals surface area contributed by atoms with Crippen molar-refractivity contribution in [1.82, 2.24) is 14.8 Å². The van der Waals surface area contributed by atoms with Gasteiger partial charge >= 0.3 is 6.18 Å². The van der Waals surface area contributed by atoms with Crippen molar-refractivity contribution < 1.29 is 22.7 Å². The van der Waals surface area contributed by atoms with E-state index in [-0.39, 0.29) is 12.2 Å². The number of pyridine rings is 1. The maximum absolute atomic E-state index is 13.0. The summed E-state index contributed by atoms with van der Waals surface area (Å²) in [5.41, 5.74) is 0.0352. The number of carbonyl (C=O) groups excluding carboxylic acids is 1. The Morgan fingerprint density at radius 2 is 1.83 bits per heavy atom. The molecule has 156 valence electrons. The average Bonchev–Trinajstić information content (AvgIpc) is 2.69. The zero-order valence-corrected chi connectivity index (χ0v) is 16.1. The van der Waals surface area contributed by atoms with E-state index in [1.54, 1.807) is 13.3 Å². The van der Waals surface area contributed by atoms with Gasteiger partial charge in [-0.1, -0.05) is 12.1 Å². The number of aromatic nitrogens is 1. The molecule has 2 heterocycles. The van der Waals surface area contributed by atoms with Gasteiger partial charge in [0.05, 0.1) is 24.9 Å². The highest BCUT2D eigenvalue weighted by atomic mass is 19.4. The van der Waals surface area contributed by atoms with Crippen LogP contribution in [0.3, 0.4) is 0 Å². The number of carbonyl (C=O) groups is 1. The molecule has 1 aromatic heterocycles. The molecule has 0 unspecified atom stereocenters. The molecule has 0 radical (unpaired) electrons. The van der Waals surface area contributed by atoms with Gasteiger partial charge in [-0.25, -0.2) is 4.98 Å². The fraction of sp³-hybridized carbons (Fsp3) is 0.400. The van der Waals surface area contributed by atoms with Gasteiger partial charge in [-0.05, 0) is 23.8 Å². The summed E-state index contributed by atoms with van der Waals surface area (Å²) in [7, 11) is 1.57. The number of para-hydroxylation sites is 1. The van der Waals surface area contributed by atoms with Crippen LogP contribution in [0.15, 0.2) is 42.6 Å². The second-order valence-corrected chi connectivity index (χ2v) is 6.85. The predicted molar refractivity (Wildman–Crippen MR) is 103 cm³/mol. The lowest BCUT2D eigenvalue weighted by Crippen LogP contribution is -2.48. The number of piperazine rings is 1. The van der Waals surface area contributed by atoms with Gasteiger partial charge in [-0.3, -0.25) is 14.6 Å². The lowest BCUT2D eigenvalue weighted by molar-refractivity contribution is -0.137. The van der Waals surface area contributed by atoms with E-state index in [0.717, 1.165) is 31.3 Å². The van der Waals surface area contributed by atoms with E-state index in [0.29, 0.717) is 19.0 Å². The van der Waals surface area contributed by atoms with E-state index in [4.69, 9.17) is 4.74 Å². The first kappa shape index (κ1) is 21.1. The van der Waals surface area contributed by atoms with Crippen molar-refractivity contribution in [2.75, 3.05) is 45.2 Å². The molecule has 0 bridgehead atoms. The Morgan fingerprint density at radius 3 is 2.52 bits per heavy atom. The number of ether oxygens (including phenoxy) is 1. The van der Waals surface area contributed by atoms with Gasteiger partial charge in [0, 0.05) is 45.0 Å². The SMILES string of the molecule is COc1cc(CN2CCN(CC(=O)Nc3ccccc3C(F)(F)F)CC2)ccn1. The summed E-state index contributed by atoms with van der Waals surface area (Å²) in [4.78, 5) is 20.5. The van der Waals surface area contributed by atoms with Gasteiger partial charge in [0.2, 0.25) is 11.8 Å². The predicted octanol–water partition coefficient (Wildman–Crippen LogP) is 2.87. The third-order valence-corrected chi connectivity index (χ3v) is 4.75. The van der Waals surface area contributed by atoms with Gasteiger partial charge in [0.1, 0.15) is 0 Å². The summed E-state index contributed by atoms with van der Waals surface area (Å²) in [6.45, 7) is 3.65. The van der Waals surface area contributed by atoms with Crippen LogP contribution in [0, 0.1) is 0 Å². The van der Waals surface area contributed by atoms with Gasteiger partial charge in [0.15, 0.2) is 0 Å². The van der Waals surface area contributed by atoms with Crippen molar-refractivity contribution in [2.45, 2.75) is 12.7 Å². The molecule has 1 fully saturated rings. The van der Waals surface area contributed by atoms with Crippen LogP contribution >= 0.6 is 0 Å². The van der Waals surface area contributed by atoms with Gasteiger partial charge in [-0.15, -0.1) is 0 Å². The summed E-state index contributed by atoms with van der Waals surface area (Å²) < 4.78 is 44.3. The minimum atomic E-state index is -4.51. The maximum atomic E-state index is 13.0. The third kappa shape index (κ3) is 5.91. The van der Waals surface area contributed by atoms with Crippen LogP contribution in [0.2, 0.25) is 0 Å². The number of anilines is 1. The fourth-order valence-corrected chi connectivity index (χ4v) is 3.26. The molecule has 0 atom stereocenters. The number of hydrogen-bond acceptors (Lipinski definition) is 5. The lowest BCUT2D eigenvalue weighted by Gasteiger charge is -2.34. The minimum absolute atomic E-state index is 0.0586. The Hall–Kier alpha value is -2.65. The largest absolute Gasteiger partial charge is 0.481 e. The van der Waals surface area contributed by atoms with Crippen LogP contribution in [-0.4, -0.2) is 60.5 Å². The van der Waals surface area contributed by atoms with E-state index < -0.39 is 17.6 Å². The van der Waals surface area contributed by atoms with Crippen LogP contribution in [-0.2, 0) is 17.5 Å². The normalized spacial score (nSPS) is 15.9. The van der Waals surface area contributed by atoms with Crippen molar-refractivity contribution in [3.63, 3.8) is 0 Å². The van der Waals surface area contributed by atoms with E-state index >= 15 is 0 Å². The van der Waals surface area contributed by atoms with Crippen molar-refractivity contribution >= 4 is 11.6 Å². The highest BCUT2D eigenvalue weighted by Gasteiger charge is 2.33. The van der Waals surface area contributed by atoms with Crippen molar-refractivity contribution in [3.05, 3.63) is 53.7 Å². The molecule has 6 nitrogen and oxygen atoms in total. The number of hydrogen-bond donors (Lipinski definition) is 1. The van der Waals surface area contributed by atoms with Crippen LogP contribution < -0.4 is 10.1 Å². The average molecular weight is 408 g/mol. The number of nitrogens with one attached hydrogen (secondary N) is 1. The molecule has 1 saturated heterocycles. The fourth-order valence-electron chi connectivity index (χ4n) is 3.26. The Kier molecular flexibility index (Phi) is 6.71. The monoisotopic (exact) mass is 408 g/mol. The van der Waals surface area contributed by atoms with E-state index in [2.05, 4.69) is 15.2 Å². The molecule has 0 saturated carbocycles. The zero-order chi connectivity index (χ0) is 20.9. The first-order valence-electron chi connectivity index (χ1n) is 9.25. The van der Waals surface area contributed by atoms with Crippen LogP contribution in [0.25, 0.3) is 0 Å². The second kappa shape index (κ2) is 9.23. The molecule has 1 amide bonds. The first-order chi connectivity index (χ1) is 13.8. The molecule has 0 aliphatic carbocycles. The number of rotatable bonds is 6. The zero-order valence-electron chi connectivity index (χ0n) is 16.1. The molecule has 1 aromatic carbocycles. The molecule has 1 aliphatic heterocycles. The number of methoxy groups -OCH3 is 1. The van der Waals surface area contributed by atoms with Crippen LogP contribution in [0.1, 0.15) is 11.1 Å². The number of benzene rings is 1. The number of alkyl halides is 3. The molecular weight excluding hydrogens is 385 g/mol. The Balaban J connectivity index is 1.49. The summed E-state index contributed by atoms with van der Waals surface area (Å²) >= 11 is 0. The Morgan fingerprint density at radius 1 is 1.14 bits per heavy atom. The van der Waals surface area contributed by atoms with Crippen molar-refractivity contribution in [1.29, 1.82) is 0 Å². The molecule has 9 heteroatoms. The van der Waals surface area contributed by atoms with Gasteiger partial charge in [-0.2, -0.15) is 13.2 Å². The molecular formula is C20H23F3N4O2. The van der Waals surface area contributed by atoms with Gasteiger partial charge in [0.25, 0.3) is 0 Å². The summed E-state index contributed by atoms with van der Waals surface area (Å²) in [6, 6.07) is 8.82. The standard InChI is InChI=1S/C20H23F3N4O2/c1-29-19-12-15(6-7-24-19)13-26-8-10-27(11-9-26)14-18(28)25-17-5-3-2-4-16(17)20(21,22)23/h2-7,12H,8-11,13-14H2,1H3,(H,25,28). The molecule has 29 heavy (non-hydrogen) atoms. The second-order valence-electron chi connectivity index (χ2n) is 6.85. The van der Waals surface area contributed by atoms with Crippen molar-refractivity contribution in [2.24, 2.45) is 0 Å². The van der Waals surface area contributed by atoms with Crippen molar-refractivity contribution in [3.8, 4) is 5.88 Å².